The molecule has 7 N–H and O–H groups in total. The van der Waals surface area contributed by atoms with Crippen molar-refractivity contribution in [2.75, 3.05) is 52.6 Å². The van der Waals surface area contributed by atoms with E-state index in [0.29, 0.717) is 23.4 Å². The van der Waals surface area contributed by atoms with Crippen molar-refractivity contribution in [3.63, 3.8) is 0 Å². The summed E-state index contributed by atoms with van der Waals surface area (Å²) in [6, 6.07) is 17.1. The van der Waals surface area contributed by atoms with Gasteiger partial charge in [-0.1, -0.05) is 88.4 Å². The van der Waals surface area contributed by atoms with E-state index in [0.717, 1.165) is 24.0 Å². The van der Waals surface area contributed by atoms with E-state index in [2.05, 4.69) is 34.3 Å². The van der Waals surface area contributed by atoms with Crippen LogP contribution in [0.2, 0.25) is 0 Å². The molecule has 0 aliphatic heterocycles. The van der Waals surface area contributed by atoms with Crippen LogP contribution in [0.3, 0.4) is 0 Å². The van der Waals surface area contributed by atoms with Gasteiger partial charge in [0.05, 0.1) is 42.7 Å². The SMILES string of the molecule is CC(C)COC(=O)C(Cc1ccccc1)NP(=O)(COCCNc1nc(N)nc(NC2CC2)c1NI)NC(Cc1ccccc1)C(=O)OCC(C)C. The lowest BCUT2D eigenvalue weighted by Crippen LogP contribution is -2.47. The van der Waals surface area contributed by atoms with Gasteiger partial charge in [0.1, 0.15) is 24.1 Å². The molecule has 2 unspecified atom stereocenters. The Bertz CT molecular complexity index is 1540. The molecular formula is C36H52IN8O6P. The normalized spacial score (nSPS) is 15.1. The van der Waals surface area contributed by atoms with Crippen molar-refractivity contribution in [2.24, 2.45) is 11.8 Å². The third-order valence-electron chi connectivity index (χ3n) is 7.73. The van der Waals surface area contributed by atoms with E-state index < -0.39 is 31.5 Å². The Morgan fingerprint density at radius 3 is 1.81 bits per heavy atom. The van der Waals surface area contributed by atoms with E-state index in [1.165, 1.54) is 0 Å². The maximum absolute atomic E-state index is 15.0. The summed E-state index contributed by atoms with van der Waals surface area (Å²) in [5.41, 5.74) is 8.34. The molecule has 3 aromatic rings. The second-order valence-electron chi connectivity index (χ2n) is 13.7. The number of nitrogens with one attached hydrogen (secondary N) is 5. The molecule has 1 saturated carbocycles. The molecule has 0 spiro atoms. The summed E-state index contributed by atoms with van der Waals surface area (Å²) in [4.78, 5) is 35.7. The number of hydrogen-bond acceptors (Lipinski definition) is 12. The Morgan fingerprint density at radius 1 is 0.846 bits per heavy atom. The highest BCUT2D eigenvalue weighted by Gasteiger charge is 2.36. The van der Waals surface area contributed by atoms with Crippen LogP contribution in [0.25, 0.3) is 0 Å². The molecule has 52 heavy (non-hydrogen) atoms. The van der Waals surface area contributed by atoms with Crippen LogP contribution in [-0.2, 0) is 41.2 Å². The summed E-state index contributed by atoms with van der Waals surface area (Å²) in [6.07, 6.45) is 2.17. The lowest BCUT2D eigenvalue weighted by molar-refractivity contribution is -0.147. The minimum atomic E-state index is -3.88. The molecular weight excluding hydrogens is 798 g/mol. The minimum Gasteiger partial charge on any atom is -0.464 e. The largest absolute Gasteiger partial charge is 0.464 e. The van der Waals surface area contributed by atoms with Crippen molar-refractivity contribution in [3.8, 4) is 0 Å². The number of carbonyl (C=O) groups excluding carboxylic acids is 2. The topological polar surface area (TPSA) is 191 Å². The first-order valence-corrected chi connectivity index (χ1v) is 20.6. The first kappa shape index (κ1) is 41.3. The van der Waals surface area contributed by atoms with Crippen molar-refractivity contribution in [1.82, 2.24) is 20.1 Å². The molecule has 2 atom stereocenters. The summed E-state index contributed by atoms with van der Waals surface area (Å²) in [5.74, 6) is 0.289. The highest BCUT2D eigenvalue weighted by atomic mass is 127. The second-order valence-corrected chi connectivity index (χ2v) is 16.5. The van der Waals surface area contributed by atoms with Crippen LogP contribution in [-0.4, -0.2) is 72.7 Å². The Labute approximate surface area is 320 Å². The third-order valence-corrected chi connectivity index (χ3v) is 10.3. The molecule has 1 aliphatic rings. The average Bonchev–Trinajstić information content (AvgIpc) is 3.93. The molecule has 284 valence electrons. The molecule has 16 heteroatoms. The number of nitrogens with two attached hydrogens (primary N) is 1. The Hall–Kier alpha value is -3.50. The van der Waals surface area contributed by atoms with Crippen LogP contribution in [0.5, 0.6) is 0 Å². The van der Waals surface area contributed by atoms with Crippen molar-refractivity contribution < 1.29 is 28.4 Å². The molecule has 1 heterocycles. The number of ether oxygens (including phenoxy) is 3. The smallest absolute Gasteiger partial charge is 0.323 e. The van der Waals surface area contributed by atoms with Gasteiger partial charge in [0.15, 0.2) is 11.6 Å². The number of carbonyl (C=O) groups is 2. The quantitative estimate of drug-likeness (QED) is 0.0222. The van der Waals surface area contributed by atoms with E-state index in [9.17, 15) is 14.2 Å². The zero-order valence-corrected chi connectivity index (χ0v) is 33.3. The van der Waals surface area contributed by atoms with Crippen LogP contribution in [0.15, 0.2) is 60.7 Å². The second kappa shape index (κ2) is 20.7. The average molecular weight is 851 g/mol. The van der Waals surface area contributed by atoms with Crippen LogP contribution in [0.1, 0.15) is 51.7 Å². The van der Waals surface area contributed by atoms with Crippen LogP contribution < -0.4 is 30.1 Å². The number of halogens is 1. The highest BCUT2D eigenvalue weighted by molar-refractivity contribution is 14.1. The number of rotatable bonds is 23. The zero-order valence-electron chi connectivity index (χ0n) is 30.3. The zero-order chi connectivity index (χ0) is 37.5. The number of esters is 2. The maximum Gasteiger partial charge on any atom is 0.323 e. The predicted molar refractivity (Wildman–Crippen MR) is 213 cm³/mol. The number of nitrogen functional groups attached to an aromatic ring is 1. The molecule has 1 aliphatic carbocycles. The fraction of sp³-hybridized carbons (Fsp3) is 0.500. The lowest BCUT2D eigenvalue weighted by atomic mass is 10.1. The van der Waals surface area contributed by atoms with Gasteiger partial charge in [-0.2, -0.15) is 9.97 Å². The van der Waals surface area contributed by atoms with Crippen LogP contribution >= 0.6 is 30.3 Å². The van der Waals surface area contributed by atoms with E-state index in [-0.39, 0.29) is 63.3 Å². The Morgan fingerprint density at radius 2 is 1.35 bits per heavy atom. The molecule has 4 rings (SSSR count). The molecule has 0 amide bonds. The van der Waals surface area contributed by atoms with Crippen LogP contribution in [0, 0.1) is 11.8 Å². The fourth-order valence-electron chi connectivity index (χ4n) is 5.03. The van der Waals surface area contributed by atoms with Gasteiger partial charge in [0.2, 0.25) is 13.4 Å². The summed E-state index contributed by atoms with van der Waals surface area (Å²) < 4.78 is 35.4. The number of hydrogen-bond donors (Lipinski definition) is 6. The van der Waals surface area contributed by atoms with Crippen molar-refractivity contribution >= 4 is 65.5 Å². The first-order valence-electron chi connectivity index (χ1n) is 17.6. The highest BCUT2D eigenvalue weighted by Crippen LogP contribution is 2.39. The molecule has 0 saturated heterocycles. The standard InChI is InChI=1S/C36H52IN8O6P/c1-24(2)21-50-34(46)29(19-26-11-7-5-8-12-26)44-52(48,45-30(35(47)51-22-25(3)4)20-27-13-9-6-10-14-27)23-49-18-17-39-32-31(43-37)33(40-28-15-16-28)42-36(38)41-32/h5-14,24-25,28-30,43H,15-23H2,1-4H3,(H2,44,45,48)(H4,38,39,40,41,42). The maximum atomic E-state index is 15.0. The van der Waals surface area contributed by atoms with E-state index >= 15 is 0 Å². The summed E-state index contributed by atoms with van der Waals surface area (Å²) in [6.45, 7) is 8.54. The lowest BCUT2D eigenvalue weighted by Gasteiger charge is -2.29. The first-order chi connectivity index (χ1) is 24.9. The predicted octanol–water partition coefficient (Wildman–Crippen LogP) is 5.77. The molecule has 1 aromatic heterocycles. The molecule has 2 aromatic carbocycles. The number of anilines is 4. The Kier molecular flexibility index (Phi) is 16.4. The molecule has 14 nitrogen and oxygen atoms in total. The van der Waals surface area contributed by atoms with Crippen molar-refractivity contribution in [3.05, 3.63) is 71.8 Å². The number of aromatic nitrogens is 2. The van der Waals surface area contributed by atoms with Gasteiger partial charge in [0.25, 0.3) is 0 Å². The van der Waals surface area contributed by atoms with Crippen molar-refractivity contribution in [2.45, 2.75) is 71.5 Å². The van der Waals surface area contributed by atoms with Gasteiger partial charge in [-0.25, -0.2) is 10.2 Å². The van der Waals surface area contributed by atoms with Crippen molar-refractivity contribution in [1.29, 1.82) is 0 Å². The number of benzene rings is 2. The molecule has 1 fully saturated rings. The molecule has 0 radical (unpaired) electrons. The van der Waals surface area contributed by atoms with Gasteiger partial charge >= 0.3 is 11.9 Å². The van der Waals surface area contributed by atoms with E-state index in [4.69, 9.17) is 19.9 Å². The monoisotopic (exact) mass is 850 g/mol. The minimum absolute atomic E-state index is 0.0989. The van der Waals surface area contributed by atoms with Gasteiger partial charge in [-0.15, -0.1) is 0 Å². The van der Waals surface area contributed by atoms with Gasteiger partial charge in [-0.05, 0) is 48.6 Å². The number of nitrogens with zero attached hydrogens (tertiary/aromatic N) is 2. The summed E-state index contributed by atoms with van der Waals surface area (Å²) in [7, 11) is -3.88. The fourth-order valence-corrected chi connectivity index (χ4v) is 7.55. The van der Waals surface area contributed by atoms with E-state index in [1.807, 2.05) is 111 Å². The molecule has 0 bridgehead atoms. The third kappa shape index (κ3) is 14.1. The summed E-state index contributed by atoms with van der Waals surface area (Å²) >= 11 is 2.02. The van der Waals surface area contributed by atoms with Gasteiger partial charge in [0, 0.05) is 12.6 Å². The van der Waals surface area contributed by atoms with Gasteiger partial charge < -0.3 is 34.1 Å². The van der Waals surface area contributed by atoms with Gasteiger partial charge in [-0.3, -0.25) is 14.2 Å². The summed E-state index contributed by atoms with van der Waals surface area (Å²) in [5, 5.41) is 12.7. The van der Waals surface area contributed by atoms with Crippen LogP contribution in [0.4, 0.5) is 23.3 Å². The Balaban J connectivity index is 1.55. The van der Waals surface area contributed by atoms with E-state index in [1.54, 1.807) is 0 Å².